The van der Waals surface area contributed by atoms with Crippen molar-refractivity contribution < 1.29 is 4.79 Å². The molecule has 0 amide bonds. The van der Waals surface area contributed by atoms with Gasteiger partial charge in [-0.2, -0.15) is 0 Å². The topological polar surface area (TPSA) is 43.1 Å². The molecule has 0 heterocycles. The molecule has 64 valence electrons. The number of nitrogens with two attached hydrogens (primary N) is 1. The van der Waals surface area contributed by atoms with E-state index in [9.17, 15) is 4.79 Å². The largest absolute Gasteiger partial charge is 0.321 e. The first-order chi connectivity index (χ1) is 5.11. The Labute approximate surface area is 68.2 Å². The molecule has 0 aliphatic heterocycles. The van der Waals surface area contributed by atoms with Crippen molar-refractivity contribution in [3.63, 3.8) is 0 Å². The molecule has 1 fully saturated rings. The third-order valence-electron chi connectivity index (χ3n) is 2.48. The Morgan fingerprint density at radius 1 is 1.64 bits per heavy atom. The molecular weight excluding hydrogens is 138 g/mol. The van der Waals surface area contributed by atoms with Crippen LogP contribution in [0.2, 0.25) is 0 Å². The molecule has 11 heavy (non-hydrogen) atoms. The highest BCUT2D eigenvalue weighted by Crippen LogP contribution is 2.35. The second-order valence-electron chi connectivity index (χ2n) is 3.79. The number of carbonyl (C=O) groups excluding carboxylic acids is 1. The van der Waals surface area contributed by atoms with E-state index in [-0.39, 0.29) is 11.8 Å². The Morgan fingerprint density at radius 3 is 2.55 bits per heavy atom. The fraction of sp³-hybridized carbons (Fsp3) is 0.889. The molecule has 0 unspecified atom stereocenters. The highest BCUT2D eigenvalue weighted by atomic mass is 16.1. The van der Waals surface area contributed by atoms with Gasteiger partial charge in [0, 0.05) is 0 Å². The van der Waals surface area contributed by atoms with Crippen LogP contribution in [-0.4, -0.2) is 11.8 Å². The zero-order valence-corrected chi connectivity index (χ0v) is 7.34. The number of hydrogen-bond donors (Lipinski definition) is 1. The van der Waals surface area contributed by atoms with E-state index in [4.69, 9.17) is 5.73 Å². The molecule has 0 spiro atoms. The van der Waals surface area contributed by atoms with Gasteiger partial charge in [0.15, 0.2) is 0 Å². The number of Topliss-reactive ketones (excluding diaryl/α,β-unsaturated/α-hetero) is 1. The lowest BCUT2D eigenvalue weighted by atomic mass is 9.94. The molecule has 1 rings (SSSR count). The zero-order chi connectivity index (χ0) is 8.43. The quantitative estimate of drug-likeness (QED) is 0.665. The maximum absolute atomic E-state index is 10.9. The van der Waals surface area contributed by atoms with E-state index in [1.807, 2.05) is 0 Å². The average Bonchev–Trinajstić information content (AvgIpc) is 2.69. The van der Waals surface area contributed by atoms with Crippen LogP contribution < -0.4 is 5.73 Å². The number of rotatable bonds is 4. The molecular formula is C9H17NO. The van der Waals surface area contributed by atoms with E-state index in [1.54, 1.807) is 6.92 Å². The molecule has 0 bridgehead atoms. The van der Waals surface area contributed by atoms with Crippen molar-refractivity contribution in [3.8, 4) is 0 Å². The van der Waals surface area contributed by atoms with Gasteiger partial charge in [0.2, 0.25) is 0 Å². The summed E-state index contributed by atoms with van der Waals surface area (Å²) in [6.07, 6.45) is 3.82. The lowest BCUT2D eigenvalue weighted by Gasteiger charge is -2.16. The smallest absolute Gasteiger partial charge is 0.146 e. The molecule has 0 aromatic heterocycles. The zero-order valence-electron chi connectivity index (χ0n) is 7.34. The molecule has 2 N–H and O–H groups in total. The third-order valence-corrected chi connectivity index (χ3v) is 2.48. The van der Waals surface area contributed by atoms with Crippen molar-refractivity contribution in [3.05, 3.63) is 0 Å². The third kappa shape index (κ3) is 2.62. The second-order valence-corrected chi connectivity index (χ2v) is 3.79. The molecule has 1 aliphatic rings. The summed E-state index contributed by atoms with van der Waals surface area (Å²) < 4.78 is 0. The summed E-state index contributed by atoms with van der Waals surface area (Å²) in [5.41, 5.74) is 5.69. The highest BCUT2D eigenvalue weighted by Gasteiger charge is 2.27. The molecule has 1 aliphatic carbocycles. The Morgan fingerprint density at radius 2 is 2.18 bits per heavy atom. The summed E-state index contributed by atoms with van der Waals surface area (Å²) in [7, 11) is 0. The maximum Gasteiger partial charge on any atom is 0.146 e. The summed E-state index contributed by atoms with van der Waals surface area (Å²) in [4.78, 5) is 10.9. The normalized spacial score (nSPS) is 22.8. The summed E-state index contributed by atoms with van der Waals surface area (Å²) in [5, 5.41) is 0. The van der Waals surface area contributed by atoms with Gasteiger partial charge in [-0.05, 0) is 25.2 Å². The van der Waals surface area contributed by atoms with Gasteiger partial charge in [0.1, 0.15) is 5.78 Å². The molecule has 1 saturated carbocycles. The summed E-state index contributed by atoms with van der Waals surface area (Å²) in [6, 6.07) is -0.226. The predicted octanol–water partition coefficient (Wildman–Crippen LogP) is 1.34. The Kier molecular flexibility index (Phi) is 2.66. The molecule has 0 aromatic carbocycles. The van der Waals surface area contributed by atoms with Crippen LogP contribution >= 0.6 is 0 Å². The van der Waals surface area contributed by atoms with Crippen molar-refractivity contribution >= 4 is 5.78 Å². The Bertz CT molecular complexity index is 152. The van der Waals surface area contributed by atoms with Gasteiger partial charge in [0.05, 0.1) is 6.04 Å². The Hall–Kier alpha value is -0.370. The number of carbonyl (C=O) groups is 1. The van der Waals surface area contributed by atoms with Crippen LogP contribution in [0.5, 0.6) is 0 Å². The molecule has 0 aromatic rings. The minimum atomic E-state index is -0.226. The van der Waals surface area contributed by atoms with E-state index in [0.717, 1.165) is 12.3 Å². The maximum atomic E-state index is 10.9. The molecule has 0 radical (unpaired) electrons. The summed E-state index contributed by atoms with van der Waals surface area (Å²) >= 11 is 0. The van der Waals surface area contributed by atoms with Crippen molar-refractivity contribution in [2.45, 2.75) is 39.2 Å². The van der Waals surface area contributed by atoms with Gasteiger partial charge in [-0.15, -0.1) is 0 Å². The van der Waals surface area contributed by atoms with E-state index in [2.05, 4.69) is 6.92 Å². The summed E-state index contributed by atoms with van der Waals surface area (Å²) in [5.74, 6) is 1.37. The van der Waals surface area contributed by atoms with Gasteiger partial charge >= 0.3 is 0 Å². The van der Waals surface area contributed by atoms with Gasteiger partial charge in [-0.3, -0.25) is 4.79 Å². The molecule has 2 heteroatoms. The minimum Gasteiger partial charge on any atom is -0.321 e. The van der Waals surface area contributed by atoms with Crippen molar-refractivity contribution in [1.82, 2.24) is 0 Å². The van der Waals surface area contributed by atoms with Crippen LogP contribution in [0.15, 0.2) is 0 Å². The van der Waals surface area contributed by atoms with Crippen LogP contribution in [-0.2, 0) is 4.79 Å². The average molecular weight is 155 g/mol. The molecule has 2 atom stereocenters. The van der Waals surface area contributed by atoms with E-state index < -0.39 is 0 Å². The number of hydrogen-bond acceptors (Lipinski definition) is 2. The Balaban J connectivity index is 2.26. The van der Waals surface area contributed by atoms with E-state index >= 15 is 0 Å². The lowest BCUT2D eigenvalue weighted by Crippen LogP contribution is -2.35. The van der Waals surface area contributed by atoms with Crippen molar-refractivity contribution in [1.29, 1.82) is 0 Å². The minimum absolute atomic E-state index is 0.123. The van der Waals surface area contributed by atoms with Gasteiger partial charge < -0.3 is 5.73 Å². The van der Waals surface area contributed by atoms with Crippen LogP contribution in [0.4, 0.5) is 0 Å². The van der Waals surface area contributed by atoms with Crippen molar-refractivity contribution in [2.75, 3.05) is 0 Å². The summed E-state index contributed by atoms with van der Waals surface area (Å²) in [6.45, 7) is 3.65. The SMILES string of the molecule is CC(=O)[C@H](N)[C@@H](C)CC1CC1. The monoisotopic (exact) mass is 155 g/mol. The van der Waals surface area contributed by atoms with Crippen LogP contribution in [0.3, 0.4) is 0 Å². The standard InChI is InChI=1S/C9H17NO/c1-6(5-8-3-4-8)9(10)7(2)11/h6,8-9H,3-5,10H2,1-2H3/t6-,9+/m0/s1. The fourth-order valence-corrected chi connectivity index (χ4v) is 1.43. The molecule has 0 saturated heterocycles. The van der Waals surface area contributed by atoms with Crippen LogP contribution in [0.1, 0.15) is 33.1 Å². The lowest BCUT2D eigenvalue weighted by molar-refractivity contribution is -0.119. The fourth-order valence-electron chi connectivity index (χ4n) is 1.43. The predicted molar refractivity (Wildman–Crippen MR) is 45.2 cm³/mol. The van der Waals surface area contributed by atoms with Gasteiger partial charge in [0.25, 0.3) is 0 Å². The number of ketones is 1. The van der Waals surface area contributed by atoms with Gasteiger partial charge in [-0.1, -0.05) is 19.8 Å². The van der Waals surface area contributed by atoms with E-state index in [1.165, 1.54) is 12.8 Å². The first kappa shape index (κ1) is 8.72. The van der Waals surface area contributed by atoms with Crippen LogP contribution in [0, 0.1) is 11.8 Å². The molecule has 2 nitrogen and oxygen atoms in total. The first-order valence-corrected chi connectivity index (χ1v) is 4.37. The first-order valence-electron chi connectivity index (χ1n) is 4.37. The van der Waals surface area contributed by atoms with Gasteiger partial charge in [-0.25, -0.2) is 0 Å². The van der Waals surface area contributed by atoms with Crippen molar-refractivity contribution in [2.24, 2.45) is 17.6 Å². The highest BCUT2D eigenvalue weighted by molar-refractivity contribution is 5.81. The second kappa shape index (κ2) is 3.35. The van der Waals surface area contributed by atoms with Crippen LogP contribution in [0.25, 0.3) is 0 Å². The van der Waals surface area contributed by atoms with E-state index in [0.29, 0.717) is 5.92 Å².